The molecular weight excluding hydrogens is 214 g/mol. The van der Waals surface area contributed by atoms with Gasteiger partial charge in [-0.25, -0.2) is 0 Å². The van der Waals surface area contributed by atoms with Gasteiger partial charge in [-0.1, -0.05) is 12.8 Å². The lowest BCUT2D eigenvalue weighted by Crippen LogP contribution is -2.33. The maximum Gasteiger partial charge on any atom is 0.222 e. The van der Waals surface area contributed by atoms with Gasteiger partial charge in [-0.3, -0.25) is 4.79 Å². The van der Waals surface area contributed by atoms with Crippen LogP contribution in [0.3, 0.4) is 0 Å². The predicted molar refractivity (Wildman–Crippen MR) is 67.1 cm³/mol. The number of rotatable bonds is 9. The lowest BCUT2D eigenvalue weighted by atomic mass is 10.1. The molecule has 4 nitrogen and oxygen atoms in total. The number of nitriles is 1. The van der Waals surface area contributed by atoms with Crippen LogP contribution >= 0.6 is 0 Å². The summed E-state index contributed by atoms with van der Waals surface area (Å²) in [7, 11) is 0. The zero-order chi connectivity index (χ0) is 12.5. The Labute approximate surface area is 104 Å². The van der Waals surface area contributed by atoms with E-state index in [0.29, 0.717) is 25.4 Å². The number of unbranched alkanes of at least 4 members (excludes halogenated alkanes) is 3. The van der Waals surface area contributed by atoms with Gasteiger partial charge < -0.3 is 10.6 Å². The summed E-state index contributed by atoms with van der Waals surface area (Å²) >= 11 is 0. The molecule has 0 heterocycles. The largest absolute Gasteiger partial charge is 0.339 e. The van der Waals surface area contributed by atoms with Crippen molar-refractivity contribution in [1.82, 2.24) is 4.90 Å². The summed E-state index contributed by atoms with van der Waals surface area (Å²) in [6.07, 6.45) is 7.52. The maximum atomic E-state index is 12.0. The SMILES string of the molecule is N#CCCN(C(=O)CCCCCCN)C1CC1. The Kier molecular flexibility index (Phi) is 6.64. The highest BCUT2D eigenvalue weighted by Crippen LogP contribution is 2.27. The molecule has 1 rings (SSSR count). The number of amides is 1. The van der Waals surface area contributed by atoms with Crippen molar-refractivity contribution in [1.29, 1.82) is 5.26 Å². The number of hydrogen-bond acceptors (Lipinski definition) is 3. The smallest absolute Gasteiger partial charge is 0.222 e. The van der Waals surface area contributed by atoms with Crippen LogP contribution in [-0.4, -0.2) is 29.9 Å². The van der Waals surface area contributed by atoms with E-state index in [4.69, 9.17) is 11.0 Å². The Bertz CT molecular complexity index is 268. The van der Waals surface area contributed by atoms with Gasteiger partial charge in [0.1, 0.15) is 0 Å². The van der Waals surface area contributed by atoms with Crippen LogP contribution in [-0.2, 0) is 4.79 Å². The van der Waals surface area contributed by atoms with Crippen LogP contribution < -0.4 is 5.73 Å². The van der Waals surface area contributed by atoms with Gasteiger partial charge >= 0.3 is 0 Å². The van der Waals surface area contributed by atoms with Crippen molar-refractivity contribution in [2.45, 2.75) is 57.4 Å². The number of carbonyl (C=O) groups excluding carboxylic acids is 1. The van der Waals surface area contributed by atoms with Crippen LogP contribution in [0.1, 0.15) is 51.4 Å². The van der Waals surface area contributed by atoms with E-state index < -0.39 is 0 Å². The zero-order valence-electron chi connectivity index (χ0n) is 10.5. The molecule has 4 heteroatoms. The Morgan fingerprint density at radius 2 is 2.00 bits per heavy atom. The summed E-state index contributed by atoms with van der Waals surface area (Å²) in [4.78, 5) is 13.9. The second-order valence-corrected chi connectivity index (χ2v) is 4.68. The molecule has 0 aliphatic heterocycles. The molecule has 0 spiro atoms. The van der Waals surface area contributed by atoms with E-state index in [1.54, 1.807) is 0 Å². The molecule has 0 unspecified atom stereocenters. The molecule has 1 fully saturated rings. The second kappa shape index (κ2) is 8.08. The number of nitrogens with zero attached hydrogens (tertiary/aromatic N) is 2. The minimum Gasteiger partial charge on any atom is -0.339 e. The molecule has 0 atom stereocenters. The molecule has 17 heavy (non-hydrogen) atoms. The average Bonchev–Trinajstić information content (AvgIpc) is 3.14. The van der Waals surface area contributed by atoms with E-state index in [9.17, 15) is 4.79 Å². The quantitative estimate of drug-likeness (QED) is 0.622. The van der Waals surface area contributed by atoms with Gasteiger partial charge in [-0.15, -0.1) is 0 Å². The van der Waals surface area contributed by atoms with Crippen LogP contribution in [0.2, 0.25) is 0 Å². The fourth-order valence-electron chi connectivity index (χ4n) is 1.99. The van der Waals surface area contributed by atoms with Gasteiger partial charge in [-0.05, 0) is 32.2 Å². The van der Waals surface area contributed by atoms with Crippen LogP contribution in [0.25, 0.3) is 0 Å². The maximum absolute atomic E-state index is 12.0. The second-order valence-electron chi connectivity index (χ2n) is 4.68. The third-order valence-electron chi connectivity index (χ3n) is 3.12. The van der Waals surface area contributed by atoms with Crippen molar-refractivity contribution in [3.8, 4) is 6.07 Å². The summed E-state index contributed by atoms with van der Waals surface area (Å²) in [5.74, 6) is 0.232. The molecule has 1 aliphatic rings. The minimum atomic E-state index is 0.232. The van der Waals surface area contributed by atoms with Crippen LogP contribution in [0.5, 0.6) is 0 Å². The first-order valence-corrected chi connectivity index (χ1v) is 6.66. The molecule has 2 N–H and O–H groups in total. The third kappa shape index (κ3) is 5.69. The molecule has 1 saturated carbocycles. The van der Waals surface area contributed by atoms with Crippen molar-refractivity contribution in [2.24, 2.45) is 5.73 Å². The molecule has 0 aromatic rings. The van der Waals surface area contributed by atoms with Crippen LogP contribution in [0.15, 0.2) is 0 Å². The Balaban J connectivity index is 2.16. The predicted octanol–water partition coefficient (Wildman–Crippen LogP) is 1.80. The first kappa shape index (κ1) is 14.0. The highest BCUT2D eigenvalue weighted by molar-refractivity contribution is 5.76. The summed E-state index contributed by atoms with van der Waals surface area (Å²) < 4.78 is 0. The summed E-state index contributed by atoms with van der Waals surface area (Å²) in [5, 5.41) is 8.57. The van der Waals surface area contributed by atoms with Gasteiger partial charge in [0.05, 0.1) is 12.5 Å². The molecule has 0 bridgehead atoms. The standard InChI is InChI=1S/C13H23N3O/c14-9-4-2-1-3-6-13(17)16(11-5-10-15)12-7-8-12/h12H,1-9,11,14H2. The van der Waals surface area contributed by atoms with Gasteiger partial charge in [-0.2, -0.15) is 5.26 Å². The highest BCUT2D eigenvalue weighted by atomic mass is 16.2. The summed E-state index contributed by atoms with van der Waals surface area (Å²) in [6, 6.07) is 2.54. The highest BCUT2D eigenvalue weighted by Gasteiger charge is 2.31. The molecule has 0 aromatic heterocycles. The number of carbonyl (C=O) groups is 1. The van der Waals surface area contributed by atoms with Crippen molar-refractivity contribution >= 4 is 5.91 Å². The first-order valence-electron chi connectivity index (χ1n) is 6.66. The third-order valence-corrected chi connectivity index (χ3v) is 3.12. The van der Waals surface area contributed by atoms with Crippen molar-refractivity contribution in [3.05, 3.63) is 0 Å². The van der Waals surface area contributed by atoms with E-state index in [2.05, 4.69) is 6.07 Å². The van der Waals surface area contributed by atoms with Crippen molar-refractivity contribution < 1.29 is 4.79 Å². The molecule has 0 aromatic carbocycles. The topological polar surface area (TPSA) is 70.1 Å². The lowest BCUT2D eigenvalue weighted by Gasteiger charge is -2.21. The average molecular weight is 237 g/mol. The van der Waals surface area contributed by atoms with Gasteiger partial charge in [0.15, 0.2) is 0 Å². The van der Waals surface area contributed by atoms with Crippen LogP contribution in [0.4, 0.5) is 0 Å². The molecule has 1 amide bonds. The first-order chi connectivity index (χ1) is 8.29. The minimum absolute atomic E-state index is 0.232. The number of hydrogen-bond donors (Lipinski definition) is 1. The van der Waals surface area contributed by atoms with E-state index >= 15 is 0 Å². The molecule has 96 valence electrons. The molecule has 1 aliphatic carbocycles. The molecular formula is C13H23N3O. The normalized spacial score (nSPS) is 14.4. The van der Waals surface area contributed by atoms with E-state index in [0.717, 1.165) is 45.1 Å². The van der Waals surface area contributed by atoms with Crippen LogP contribution in [0, 0.1) is 11.3 Å². The zero-order valence-corrected chi connectivity index (χ0v) is 10.5. The lowest BCUT2D eigenvalue weighted by molar-refractivity contribution is -0.131. The molecule has 0 radical (unpaired) electrons. The monoisotopic (exact) mass is 237 g/mol. The Morgan fingerprint density at radius 3 is 2.59 bits per heavy atom. The van der Waals surface area contributed by atoms with Crippen molar-refractivity contribution in [3.63, 3.8) is 0 Å². The van der Waals surface area contributed by atoms with E-state index in [1.807, 2.05) is 4.90 Å². The van der Waals surface area contributed by atoms with E-state index in [1.165, 1.54) is 0 Å². The summed E-state index contributed by atoms with van der Waals surface area (Å²) in [5.41, 5.74) is 5.42. The Morgan fingerprint density at radius 1 is 1.29 bits per heavy atom. The Hall–Kier alpha value is -1.08. The fraction of sp³-hybridized carbons (Fsp3) is 0.846. The molecule has 0 saturated heterocycles. The van der Waals surface area contributed by atoms with Crippen molar-refractivity contribution in [2.75, 3.05) is 13.1 Å². The summed E-state index contributed by atoms with van der Waals surface area (Å²) in [6.45, 7) is 1.35. The fourth-order valence-corrected chi connectivity index (χ4v) is 1.99. The van der Waals surface area contributed by atoms with Gasteiger partial charge in [0.25, 0.3) is 0 Å². The van der Waals surface area contributed by atoms with Gasteiger partial charge in [0.2, 0.25) is 5.91 Å². The van der Waals surface area contributed by atoms with E-state index in [-0.39, 0.29) is 5.91 Å². The number of nitrogens with two attached hydrogens (primary N) is 1. The van der Waals surface area contributed by atoms with Gasteiger partial charge in [0, 0.05) is 19.0 Å².